The molecule has 1 heterocycles. The molecule has 102 valence electrons. The first kappa shape index (κ1) is 13.5. The van der Waals surface area contributed by atoms with Gasteiger partial charge < -0.3 is 9.55 Å². The highest BCUT2D eigenvalue weighted by Gasteiger charge is 2.27. The molecule has 0 radical (unpaired) electrons. The van der Waals surface area contributed by atoms with Crippen LogP contribution in [-0.2, 0) is 0 Å². The second-order valence-electron chi connectivity index (χ2n) is 4.98. The van der Waals surface area contributed by atoms with Crippen LogP contribution < -0.4 is 0 Å². The molecule has 3 rings (SSSR count). The fourth-order valence-corrected chi connectivity index (χ4v) is 4.71. The van der Waals surface area contributed by atoms with E-state index in [1.165, 1.54) is 25.0 Å². The molecule has 0 bridgehead atoms. The molecule has 1 aliphatic rings. The molecule has 19 heavy (non-hydrogen) atoms. The van der Waals surface area contributed by atoms with E-state index in [0.29, 0.717) is 6.04 Å². The molecule has 0 aliphatic heterocycles. The summed E-state index contributed by atoms with van der Waals surface area (Å²) in [6.07, 6.45) is 3.72. The van der Waals surface area contributed by atoms with E-state index in [9.17, 15) is 0 Å². The molecule has 0 saturated heterocycles. The first-order valence-corrected chi connectivity index (χ1v) is 8.54. The molecule has 1 aliphatic carbocycles. The third-order valence-electron chi connectivity index (χ3n) is 3.83. The second-order valence-corrected chi connectivity index (χ2v) is 7.35. The number of nitrogens with one attached hydrogen (secondary N) is 1. The summed E-state index contributed by atoms with van der Waals surface area (Å²) in [5.41, 5.74) is 2.12. The Morgan fingerprint density at radius 2 is 2.32 bits per heavy atom. The van der Waals surface area contributed by atoms with Gasteiger partial charge in [0.05, 0.1) is 16.1 Å². The number of hydrogen-bond acceptors (Lipinski definition) is 2. The average Bonchev–Trinajstić information content (AvgIpc) is 2.94. The van der Waals surface area contributed by atoms with Crippen molar-refractivity contribution in [2.45, 2.75) is 37.5 Å². The Balaban J connectivity index is 2.00. The smallest absolute Gasteiger partial charge is 0.178 e. The molecule has 1 aromatic carbocycles. The van der Waals surface area contributed by atoms with Crippen molar-refractivity contribution in [3.63, 3.8) is 0 Å². The minimum Gasteiger partial charge on any atom is -0.329 e. The summed E-state index contributed by atoms with van der Waals surface area (Å²) in [4.78, 5) is 3.26. The Bertz CT molecular complexity index is 646. The number of rotatable bonds is 3. The molecule has 2 aromatic rings. The van der Waals surface area contributed by atoms with Crippen LogP contribution in [0.15, 0.2) is 18.2 Å². The molecule has 5 heteroatoms. The predicted molar refractivity (Wildman–Crippen MR) is 86.9 cm³/mol. The lowest BCUT2D eigenvalue weighted by Gasteiger charge is -2.13. The van der Waals surface area contributed by atoms with Crippen molar-refractivity contribution in [3.05, 3.63) is 28.0 Å². The Hall–Kier alpha value is -0.450. The normalized spacial score (nSPS) is 23.3. The number of hydrogen-bond donors (Lipinski definition) is 1. The van der Waals surface area contributed by atoms with Crippen LogP contribution in [-0.4, -0.2) is 20.6 Å². The molecule has 1 aromatic heterocycles. The molecule has 1 saturated carbocycles. The van der Waals surface area contributed by atoms with Crippen LogP contribution >= 0.6 is 35.6 Å². The Labute approximate surface area is 127 Å². The molecule has 0 spiro atoms. The summed E-state index contributed by atoms with van der Waals surface area (Å²) in [6, 6.07) is 6.53. The largest absolute Gasteiger partial charge is 0.329 e. The van der Waals surface area contributed by atoms with Gasteiger partial charge in [-0.3, -0.25) is 0 Å². The zero-order valence-electron chi connectivity index (χ0n) is 10.9. The van der Waals surface area contributed by atoms with E-state index >= 15 is 0 Å². The molecule has 2 unspecified atom stereocenters. The highest BCUT2D eigenvalue weighted by molar-refractivity contribution is 7.99. The lowest BCUT2D eigenvalue weighted by Crippen LogP contribution is -2.06. The van der Waals surface area contributed by atoms with Gasteiger partial charge >= 0.3 is 0 Å². The van der Waals surface area contributed by atoms with E-state index in [4.69, 9.17) is 23.8 Å². The van der Waals surface area contributed by atoms with Crippen molar-refractivity contribution >= 4 is 46.6 Å². The summed E-state index contributed by atoms with van der Waals surface area (Å²) in [5.74, 6) is 1.20. The Morgan fingerprint density at radius 1 is 1.47 bits per heavy atom. The van der Waals surface area contributed by atoms with Gasteiger partial charge in [0.15, 0.2) is 4.77 Å². The van der Waals surface area contributed by atoms with Gasteiger partial charge in [0, 0.05) is 11.3 Å². The van der Waals surface area contributed by atoms with Gasteiger partial charge in [0.25, 0.3) is 0 Å². The lowest BCUT2D eigenvalue weighted by atomic mass is 10.2. The summed E-state index contributed by atoms with van der Waals surface area (Å²) in [7, 11) is 0. The third-order valence-corrected chi connectivity index (χ3v) is 5.67. The molecule has 1 N–H and O–H groups in total. The van der Waals surface area contributed by atoms with E-state index in [0.717, 1.165) is 26.1 Å². The predicted octanol–water partition coefficient (Wildman–Crippen LogP) is 5.20. The maximum Gasteiger partial charge on any atom is 0.178 e. The first-order chi connectivity index (χ1) is 9.20. The molecular weight excluding hydrogens is 296 g/mol. The molecule has 2 nitrogen and oxygen atoms in total. The minimum absolute atomic E-state index is 0.517. The highest BCUT2D eigenvalue weighted by atomic mass is 35.5. The van der Waals surface area contributed by atoms with E-state index in [1.807, 2.05) is 12.1 Å². The number of H-pyrrole nitrogens is 1. The number of halogens is 1. The Kier molecular flexibility index (Phi) is 3.92. The monoisotopic (exact) mass is 312 g/mol. The molecule has 2 atom stereocenters. The van der Waals surface area contributed by atoms with Crippen molar-refractivity contribution in [1.82, 2.24) is 9.55 Å². The van der Waals surface area contributed by atoms with Crippen LogP contribution in [0.25, 0.3) is 11.0 Å². The second kappa shape index (κ2) is 5.51. The number of nitrogens with zero attached hydrogens (tertiary/aromatic N) is 1. The van der Waals surface area contributed by atoms with Gasteiger partial charge in [0.1, 0.15) is 0 Å². The van der Waals surface area contributed by atoms with Crippen molar-refractivity contribution in [2.75, 3.05) is 5.75 Å². The van der Waals surface area contributed by atoms with Gasteiger partial charge in [-0.25, -0.2) is 0 Å². The number of fused-ring (bicyclic) bond motifs is 1. The standard InChI is InChI=1S/C14H17ClN2S2/c1-2-19-10-7-6-9(8-10)17-12-5-3-4-11(15)13(12)16-14(17)18/h3-5,9-10H,2,6-8H2,1H3,(H,16,18). The van der Waals surface area contributed by atoms with Crippen LogP contribution in [0.2, 0.25) is 5.02 Å². The van der Waals surface area contributed by atoms with Crippen molar-refractivity contribution in [1.29, 1.82) is 0 Å². The first-order valence-electron chi connectivity index (χ1n) is 6.71. The molecular formula is C14H17ClN2S2. The van der Waals surface area contributed by atoms with Crippen LogP contribution in [0, 0.1) is 4.77 Å². The third kappa shape index (κ3) is 2.46. The van der Waals surface area contributed by atoms with Gasteiger partial charge in [-0.1, -0.05) is 24.6 Å². The highest BCUT2D eigenvalue weighted by Crippen LogP contribution is 2.39. The van der Waals surface area contributed by atoms with Gasteiger partial charge in [0.2, 0.25) is 0 Å². The number of thioether (sulfide) groups is 1. The van der Waals surface area contributed by atoms with Crippen molar-refractivity contribution in [3.8, 4) is 0 Å². The van der Waals surface area contributed by atoms with E-state index < -0.39 is 0 Å². The van der Waals surface area contributed by atoms with Crippen LogP contribution in [0.1, 0.15) is 32.2 Å². The Morgan fingerprint density at radius 3 is 3.11 bits per heavy atom. The zero-order chi connectivity index (χ0) is 13.4. The number of para-hydroxylation sites is 1. The summed E-state index contributed by atoms with van der Waals surface area (Å²) >= 11 is 13.8. The average molecular weight is 313 g/mol. The SMILES string of the molecule is CCSC1CCC(n2c(=S)[nH]c3c(Cl)cccc32)C1. The van der Waals surface area contributed by atoms with Crippen molar-refractivity contribution in [2.24, 2.45) is 0 Å². The summed E-state index contributed by atoms with van der Waals surface area (Å²) in [5, 5.41) is 1.53. The van der Waals surface area contributed by atoms with E-state index in [1.54, 1.807) is 0 Å². The van der Waals surface area contributed by atoms with Crippen LogP contribution in [0.5, 0.6) is 0 Å². The van der Waals surface area contributed by atoms with Crippen molar-refractivity contribution < 1.29 is 0 Å². The zero-order valence-corrected chi connectivity index (χ0v) is 13.2. The van der Waals surface area contributed by atoms with Crippen LogP contribution in [0.4, 0.5) is 0 Å². The quantitative estimate of drug-likeness (QED) is 0.786. The maximum absolute atomic E-state index is 6.23. The van der Waals surface area contributed by atoms with Gasteiger partial charge in [-0.15, -0.1) is 0 Å². The maximum atomic E-state index is 6.23. The van der Waals surface area contributed by atoms with Gasteiger partial charge in [-0.2, -0.15) is 11.8 Å². The molecule has 1 fully saturated rings. The fraction of sp³-hybridized carbons (Fsp3) is 0.500. The van der Waals surface area contributed by atoms with Gasteiger partial charge in [-0.05, 0) is 49.4 Å². The van der Waals surface area contributed by atoms with E-state index in [-0.39, 0.29) is 0 Å². The fourth-order valence-electron chi connectivity index (χ4n) is 3.02. The van der Waals surface area contributed by atoms with Crippen LogP contribution in [0.3, 0.4) is 0 Å². The van der Waals surface area contributed by atoms with E-state index in [2.05, 4.69) is 34.3 Å². The topological polar surface area (TPSA) is 20.7 Å². The molecule has 0 amide bonds. The summed E-state index contributed by atoms with van der Waals surface area (Å²) in [6.45, 7) is 2.23. The minimum atomic E-state index is 0.517. The number of benzene rings is 1. The summed E-state index contributed by atoms with van der Waals surface area (Å²) < 4.78 is 3.07. The number of imidazole rings is 1. The number of aromatic amines is 1. The number of aromatic nitrogens is 2. The lowest BCUT2D eigenvalue weighted by molar-refractivity contribution is 0.527.